The molecule has 1 heterocycles. The average Bonchev–Trinajstić information content (AvgIpc) is 2.29. The molecule has 2 aromatic rings. The van der Waals surface area contributed by atoms with Gasteiger partial charge in [-0.05, 0) is 6.07 Å². The second-order valence-electron chi connectivity index (χ2n) is 3.21. The Morgan fingerprint density at radius 3 is 2.93 bits per heavy atom. The monoisotopic (exact) mass is 204 g/mol. The number of hydrogen-bond donors (Lipinski definition) is 2. The van der Waals surface area contributed by atoms with Crippen LogP contribution in [0.4, 0.5) is 5.69 Å². The summed E-state index contributed by atoms with van der Waals surface area (Å²) in [6, 6.07) is 5.53. The van der Waals surface area contributed by atoms with E-state index in [1.54, 1.807) is 13.3 Å². The zero-order valence-electron chi connectivity index (χ0n) is 8.40. The number of benzene rings is 1. The summed E-state index contributed by atoms with van der Waals surface area (Å²) in [7, 11) is 1.59. The van der Waals surface area contributed by atoms with Crippen molar-refractivity contribution >= 4 is 16.6 Å². The van der Waals surface area contributed by atoms with Crippen molar-refractivity contribution in [2.24, 2.45) is 0 Å². The third kappa shape index (κ3) is 1.49. The molecule has 1 aromatic carbocycles. The zero-order valence-corrected chi connectivity index (χ0v) is 8.40. The van der Waals surface area contributed by atoms with E-state index in [0.29, 0.717) is 17.0 Å². The van der Waals surface area contributed by atoms with Gasteiger partial charge in [0.15, 0.2) is 0 Å². The molecule has 0 aliphatic carbocycles. The molecule has 78 valence electrons. The van der Waals surface area contributed by atoms with Gasteiger partial charge in [-0.2, -0.15) is 0 Å². The number of nitrogens with zero attached hydrogens (tertiary/aromatic N) is 1. The van der Waals surface area contributed by atoms with Gasteiger partial charge in [-0.15, -0.1) is 0 Å². The number of pyridine rings is 1. The van der Waals surface area contributed by atoms with Gasteiger partial charge in [0.05, 0.1) is 13.7 Å². The van der Waals surface area contributed by atoms with Crippen LogP contribution in [0.2, 0.25) is 0 Å². The highest BCUT2D eigenvalue weighted by Gasteiger charge is 2.08. The minimum atomic E-state index is -0.105. The Hall–Kier alpha value is -1.81. The van der Waals surface area contributed by atoms with Crippen molar-refractivity contribution < 1.29 is 9.84 Å². The molecule has 0 spiro atoms. The van der Waals surface area contributed by atoms with E-state index in [1.165, 1.54) is 0 Å². The number of ether oxygens (including phenoxy) is 1. The molecule has 0 saturated carbocycles. The Kier molecular flexibility index (Phi) is 2.43. The molecule has 2 rings (SSSR count). The minimum Gasteiger partial charge on any atom is -0.494 e. The highest BCUT2D eigenvalue weighted by atomic mass is 16.5. The largest absolute Gasteiger partial charge is 0.494 e. The molecule has 1 aromatic heterocycles. The number of nitrogens with two attached hydrogens (primary N) is 1. The van der Waals surface area contributed by atoms with Crippen LogP contribution in [0, 0.1) is 0 Å². The van der Waals surface area contributed by atoms with Crippen molar-refractivity contribution in [1.82, 2.24) is 4.98 Å². The second kappa shape index (κ2) is 3.74. The zero-order chi connectivity index (χ0) is 10.8. The number of hydrogen-bond acceptors (Lipinski definition) is 4. The van der Waals surface area contributed by atoms with Gasteiger partial charge >= 0.3 is 0 Å². The van der Waals surface area contributed by atoms with Crippen molar-refractivity contribution in [2.75, 3.05) is 12.8 Å². The van der Waals surface area contributed by atoms with Crippen LogP contribution in [0.15, 0.2) is 24.4 Å². The van der Waals surface area contributed by atoms with E-state index < -0.39 is 0 Å². The van der Waals surface area contributed by atoms with E-state index in [0.717, 1.165) is 10.9 Å². The van der Waals surface area contributed by atoms with E-state index in [9.17, 15) is 0 Å². The lowest BCUT2D eigenvalue weighted by Gasteiger charge is -2.08. The van der Waals surface area contributed by atoms with Gasteiger partial charge in [0, 0.05) is 22.8 Å². The van der Waals surface area contributed by atoms with Gasteiger partial charge in [0.25, 0.3) is 0 Å². The quantitative estimate of drug-likeness (QED) is 0.774. The van der Waals surface area contributed by atoms with E-state index in [1.807, 2.05) is 18.2 Å². The smallest absolute Gasteiger partial charge is 0.145 e. The first-order valence-electron chi connectivity index (χ1n) is 4.59. The summed E-state index contributed by atoms with van der Waals surface area (Å²) in [6.07, 6.45) is 1.57. The van der Waals surface area contributed by atoms with E-state index >= 15 is 0 Å². The lowest BCUT2D eigenvalue weighted by atomic mass is 10.1. The maximum atomic E-state index is 9.05. The van der Waals surface area contributed by atoms with E-state index in [2.05, 4.69) is 4.98 Å². The summed E-state index contributed by atoms with van der Waals surface area (Å²) in [5, 5.41) is 9.86. The molecule has 0 aliphatic heterocycles. The van der Waals surface area contributed by atoms with Crippen molar-refractivity contribution in [3.8, 4) is 5.75 Å². The van der Waals surface area contributed by atoms with Crippen molar-refractivity contribution in [3.63, 3.8) is 0 Å². The number of methoxy groups -OCH3 is 1. The fourth-order valence-electron chi connectivity index (χ4n) is 1.55. The molecule has 0 saturated heterocycles. The number of rotatable bonds is 2. The summed E-state index contributed by atoms with van der Waals surface area (Å²) in [4.78, 5) is 4.22. The lowest BCUT2D eigenvalue weighted by molar-refractivity contribution is 0.282. The highest BCUT2D eigenvalue weighted by molar-refractivity contribution is 5.94. The Labute approximate surface area is 87.3 Å². The second-order valence-corrected chi connectivity index (χ2v) is 3.21. The van der Waals surface area contributed by atoms with Crippen molar-refractivity contribution in [3.05, 3.63) is 30.0 Å². The Morgan fingerprint density at radius 1 is 1.47 bits per heavy atom. The molecule has 15 heavy (non-hydrogen) atoms. The molecule has 0 aliphatic rings. The fraction of sp³-hybridized carbons (Fsp3) is 0.182. The van der Waals surface area contributed by atoms with Crippen LogP contribution in [0.5, 0.6) is 5.75 Å². The molecule has 3 N–H and O–H groups in total. The van der Waals surface area contributed by atoms with Crippen molar-refractivity contribution in [1.29, 1.82) is 0 Å². The number of nitrogen functional groups attached to an aromatic ring is 1. The summed E-state index contributed by atoms with van der Waals surface area (Å²) in [6.45, 7) is -0.105. The standard InChI is InChI=1S/C11H12N2O2/c1-15-9-4-2-3-8-10(12)7(6-14)5-13-11(8)9/h2-5,14H,6H2,1H3,(H2,12,13). The third-order valence-electron chi connectivity index (χ3n) is 2.37. The maximum Gasteiger partial charge on any atom is 0.145 e. The summed E-state index contributed by atoms with van der Waals surface area (Å²) >= 11 is 0. The predicted octanol–water partition coefficient (Wildman–Crippen LogP) is 1.32. The molecular formula is C11H12N2O2. The fourth-order valence-corrected chi connectivity index (χ4v) is 1.55. The van der Waals surface area contributed by atoms with Crippen LogP contribution >= 0.6 is 0 Å². The lowest BCUT2D eigenvalue weighted by Crippen LogP contribution is -1.98. The molecule has 0 bridgehead atoms. The highest BCUT2D eigenvalue weighted by Crippen LogP contribution is 2.29. The van der Waals surface area contributed by atoms with Crippen LogP contribution < -0.4 is 10.5 Å². The van der Waals surface area contributed by atoms with Crippen LogP contribution in [0.1, 0.15) is 5.56 Å². The van der Waals surface area contributed by atoms with Gasteiger partial charge < -0.3 is 15.6 Å². The molecule has 0 fully saturated rings. The molecule has 0 amide bonds. The first kappa shape index (κ1) is 9.73. The van der Waals surface area contributed by atoms with E-state index in [4.69, 9.17) is 15.6 Å². The van der Waals surface area contributed by atoms with Gasteiger partial charge in [-0.1, -0.05) is 12.1 Å². The van der Waals surface area contributed by atoms with Crippen LogP contribution in [0.25, 0.3) is 10.9 Å². The topological polar surface area (TPSA) is 68.4 Å². The molecular weight excluding hydrogens is 192 g/mol. The first-order chi connectivity index (χ1) is 7.27. The molecule has 0 unspecified atom stereocenters. The number of aromatic nitrogens is 1. The van der Waals surface area contributed by atoms with Gasteiger partial charge in [-0.3, -0.25) is 4.98 Å². The average molecular weight is 204 g/mol. The number of anilines is 1. The Bertz CT molecular complexity index is 497. The maximum absolute atomic E-state index is 9.05. The molecule has 4 nitrogen and oxygen atoms in total. The molecule has 0 atom stereocenters. The first-order valence-corrected chi connectivity index (χ1v) is 4.59. The summed E-state index contributed by atoms with van der Waals surface area (Å²) in [5.74, 6) is 0.684. The van der Waals surface area contributed by atoms with Crippen molar-refractivity contribution in [2.45, 2.75) is 6.61 Å². The van der Waals surface area contributed by atoms with Gasteiger partial charge in [-0.25, -0.2) is 0 Å². The number of para-hydroxylation sites is 1. The van der Waals surface area contributed by atoms with Gasteiger partial charge in [0.1, 0.15) is 11.3 Å². The predicted molar refractivity (Wildman–Crippen MR) is 58.6 cm³/mol. The number of aliphatic hydroxyl groups excluding tert-OH is 1. The normalized spacial score (nSPS) is 10.5. The number of fused-ring (bicyclic) bond motifs is 1. The third-order valence-corrected chi connectivity index (χ3v) is 2.37. The van der Waals surface area contributed by atoms with Crippen LogP contribution in [-0.2, 0) is 6.61 Å². The summed E-state index contributed by atoms with van der Waals surface area (Å²) in [5.41, 5.74) is 7.81. The van der Waals surface area contributed by atoms with E-state index in [-0.39, 0.29) is 6.61 Å². The molecule has 4 heteroatoms. The van der Waals surface area contributed by atoms with Crippen LogP contribution in [-0.4, -0.2) is 17.2 Å². The Morgan fingerprint density at radius 2 is 2.27 bits per heavy atom. The molecule has 0 radical (unpaired) electrons. The summed E-state index contributed by atoms with van der Waals surface area (Å²) < 4.78 is 5.18. The van der Waals surface area contributed by atoms with Crippen LogP contribution in [0.3, 0.4) is 0 Å². The number of aliphatic hydroxyl groups is 1. The Balaban J connectivity index is 2.78. The SMILES string of the molecule is COc1cccc2c(N)c(CO)cnc12. The minimum absolute atomic E-state index is 0.105. The van der Waals surface area contributed by atoms with Gasteiger partial charge in [0.2, 0.25) is 0 Å².